The lowest BCUT2D eigenvalue weighted by molar-refractivity contribution is 0.282. The zero-order valence-electron chi connectivity index (χ0n) is 15.8. The molecule has 0 aliphatic carbocycles. The maximum atomic E-state index is 5.95. The van der Waals surface area contributed by atoms with Crippen LogP contribution in [0.25, 0.3) is 0 Å². The van der Waals surface area contributed by atoms with E-state index in [0.29, 0.717) is 23.2 Å². The van der Waals surface area contributed by atoms with Crippen molar-refractivity contribution in [3.63, 3.8) is 0 Å². The third-order valence-electron chi connectivity index (χ3n) is 3.89. The Morgan fingerprint density at radius 3 is 2.45 bits per heavy atom. The average molecular weight is 470 g/mol. The number of nitrogens with one attached hydrogen (secondary N) is 2. The zero-order chi connectivity index (χ0) is 20.5. The molecule has 2 N–H and O–H groups in total. The van der Waals surface area contributed by atoms with Crippen LogP contribution in [-0.4, -0.2) is 18.4 Å². The first-order valence-corrected chi connectivity index (χ1v) is 10.0. The van der Waals surface area contributed by atoms with Gasteiger partial charge in [0, 0.05) is 5.69 Å². The number of hydrazone groups is 1. The van der Waals surface area contributed by atoms with E-state index < -0.39 is 0 Å². The van der Waals surface area contributed by atoms with Crippen molar-refractivity contribution in [1.82, 2.24) is 5.43 Å². The minimum atomic E-state index is 0.404. The van der Waals surface area contributed by atoms with Gasteiger partial charge < -0.3 is 14.8 Å². The van der Waals surface area contributed by atoms with Crippen LogP contribution in [-0.2, 0) is 6.61 Å². The summed E-state index contributed by atoms with van der Waals surface area (Å²) in [5.41, 5.74) is 5.60. The van der Waals surface area contributed by atoms with Crippen molar-refractivity contribution in [1.29, 1.82) is 0 Å². The van der Waals surface area contributed by atoms with Gasteiger partial charge in [0.2, 0.25) is 0 Å². The van der Waals surface area contributed by atoms with Crippen LogP contribution in [0.1, 0.15) is 11.1 Å². The predicted octanol–water partition coefficient (Wildman–Crippen LogP) is 5.36. The topological polar surface area (TPSA) is 54.9 Å². The molecule has 0 saturated heterocycles. The van der Waals surface area contributed by atoms with E-state index in [0.717, 1.165) is 21.3 Å². The van der Waals surface area contributed by atoms with Crippen molar-refractivity contribution in [2.45, 2.75) is 6.61 Å². The summed E-state index contributed by atoms with van der Waals surface area (Å²) in [6, 6.07) is 23.4. The van der Waals surface area contributed by atoms with E-state index in [9.17, 15) is 0 Å². The molecule has 3 aromatic rings. The highest BCUT2D eigenvalue weighted by Crippen LogP contribution is 2.36. The second kappa shape index (κ2) is 10.6. The van der Waals surface area contributed by atoms with Crippen LogP contribution in [0.2, 0.25) is 0 Å². The van der Waals surface area contributed by atoms with E-state index in [2.05, 4.69) is 31.8 Å². The first-order valence-electron chi connectivity index (χ1n) is 8.85. The summed E-state index contributed by atoms with van der Waals surface area (Å²) in [5, 5.41) is 7.64. The highest BCUT2D eigenvalue weighted by molar-refractivity contribution is 9.10. The number of ether oxygens (including phenoxy) is 2. The van der Waals surface area contributed by atoms with Gasteiger partial charge in [0.25, 0.3) is 0 Å². The summed E-state index contributed by atoms with van der Waals surface area (Å²) in [4.78, 5) is 0. The molecule has 0 aliphatic heterocycles. The van der Waals surface area contributed by atoms with Crippen molar-refractivity contribution in [2.75, 3.05) is 12.4 Å². The Kier molecular flexibility index (Phi) is 7.61. The Hall–Kier alpha value is -2.90. The molecule has 3 rings (SSSR count). The lowest BCUT2D eigenvalue weighted by atomic mass is 10.2. The van der Waals surface area contributed by atoms with E-state index in [1.165, 1.54) is 0 Å². The minimum absolute atomic E-state index is 0.404. The lowest BCUT2D eigenvalue weighted by Gasteiger charge is -2.13. The van der Waals surface area contributed by atoms with Gasteiger partial charge in [-0.1, -0.05) is 48.5 Å². The van der Waals surface area contributed by atoms with Crippen LogP contribution in [0, 0.1) is 0 Å². The summed E-state index contributed by atoms with van der Waals surface area (Å²) in [6.07, 6.45) is 1.66. The van der Waals surface area contributed by atoms with Gasteiger partial charge in [-0.25, -0.2) is 0 Å². The van der Waals surface area contributed by atoms with Crippen molar-refractivity contribution >= 4 is 45.2 Å². The lowest BCUT2D eigenvalue weighted by Crippen LogP contribution is -2.23. The minimum Gasteiger partial charge on any atom is -0.493 e. The molecule has 0 atom stereocenters. The molecule has 0 aliphatic rings. The zero-order valence-corrected chi connectivity index (χ0v) is 18.2. The van der Waals surface area contributed by atoms with Gasteiger partial charge in [-0.3, -0.25) is 5.43 Å². The monoisotopic (exact) mass is 469 g/mol. The third kappa shape index (κ3) is 6.30. The number of hydrogen-bond acceptors (Lipinski definition) is 4. The largest absolute Gasteiger partial charge is 0.493 e. The summed E-state index contributed by atoms with van der Waals surface area (Å²) >= 11 is 8.79. The fraction of sp³-hybridized carbons (Fsp3) is 0.0909. The molecule has 0 fully saturated rings. The fourth-order valence-corrected chi connectivity index (χ4v) is 3.27. The first-order chi connectivity index (χ1) is 14.2. The Morgan fingerprint density at radius 2 is 1.76 bits per heavy atom. The van der Waals surface area contributed by atoms with E-state index in [1.54, 1.807) is 13.3 Å². The van der Waals surface area contributed by atoms with Crippen LogP contribution in [0.4, 0.5) is 5.69 Å². The smallest absolute Gasteiger partial charge is 0.191 e. The second-order valence-electron chi connectivity index (χ2n) is 6.00. The summed E-state index contributed by atoms with van der Waals surface area (Å²) in [7, 11) is 1.61. The Balaban J connectivity index is 1.63. The van der Waals surface area contributed by atoms with E-state index in [1.807, 2.05) is 72.8 Å². The number of thiocarbonyl (C=S) groups is 1. The van der Waals surface area contributed by atoms with Crippen LogP contribution in [0.3, 0.4) is 0 Å². The Morgan fingerprint density at radius 1 is 1.07 bits per heavy atom. The van der Waals surface area contributed by atoms with Crippen molar-refractivity contribution in [3.05, 3.63) is 88.4 Å². The Labute approximate surface area is 183 Å². The van der Waals surface area contributed by atoms with Gasteiger partial charge in [-0.2, -0.15) is 5.10 Å². The van der Waals surface area contributed by atoms with Crippen LogP contribution in [0.15, 0.2) is 82.4 Å². The average Bonchev–Trinajstić information content (AvgIpc) is 2.74. The van der Waals surface area contributed by atoms with Gasteiger partial charge in [-0.05, 0) is 63.5 Å². The number of para-hydroxylation sites is 1. The SMILES string of the molecule is COc1cc(/C=N/NC(=S)Nc2ccccc2)cc(Br)c1OCc1ccccc1. The summed E-state index contributed by atoms with van der Waals surface area (Å²) < 4.78 is 12.2. The number of halogens is 1. The molecule has 3 aromatic carbocycles. The molecule has 0 spiro atoms. The molecule has 7 heteroatoms. The molecular weight excluding hydrogens is 450 g/mol. The maximum Gasteiger partial charge on any atom is 0.191 e. The van der Waals surface area contributed by atoms with Crippen molar-refractivity contribution in [3.8, 4) is 11.5 Å². The third-order valence-corrected chi connectivity index (χ3v) is 4.67. The van der Waals surface area contributed by atoms with E-state index >= 15 is 0 Å². The molecule has 0 heterocycles. The normalized spacial score (nSPS) is 10.6. The highest BCUT2D eigenvalue weighted by atomic mass is 79.9. The predicted molar refractivity (Wildman–Crippen MR) is 125 cm³/mol. The molecule has 29 heavy (non-hydrogen) atoms. The standard InChI is InChI=1S/C22H20BrN3O2S/c1-27-20-13-17(14-24-26-22(29)25-18-10-6-3-7-11-18)12-19(23)21(20)28-15-16-8-4-2-5-9-16/h2-14H,15H2,1H3,(H2,25,26,29)/b24-14+. The van der Waals surface area contributed by atoms with Gasteiger partial charge in [0.05, 0.1) is 17.8 Å². The van der Waals surface area contributed by atoms with Gasteiger partial charge in [0.1, 0.15) is 6.61 Å². The number of anilines is 1. The second-order valence-corrected chi connectivity index (χ2v) is 7.26. The van der Waals surface area contributed by atoms with Crippen molar-refractivity contribution in [2.24, 2.45) is 5.10 Å². The van der Waals surface area contributed by atoms with E-state index in [-0.39, 0.29) is 0 Å². The summed E-state index contributed by atoms with van der Waals surface area (Å²) in [5.74, 6) is 1.25. The number of hydrogen-bond donors (Lipinski definition) is 2. The van der Waals surface area contributed by atoms with E-state index in [4.69, 9.17) is 21.7 Å². The highest BCUT2D eigenvalue weighted by Gasteiger charge is 2.11. The number of rotatable bonds is 7. The molecule has 0 bridgehead atoms. The molecule has 148 valence electrons. The molecule has 5 nitrogen and oxygen atoms in total. The van der Waals surface area contributed by atoms with Gasteiger partial charge in [0.15, 0.2) is 16.6 Å². The summed E-state index contributed by atoms with van der Waals surface area (Å²) in [6.45, 7) is 0.449. The number of nitrogens with zero attached hydrogens (tertiary/aromatic N) is 1. The van der Waals surface area contributed by atoms with Gasteiger partial charge >= 0.3 is 0 Å². The van der Waals surface area contributed by atoms with Crippen LogP contribution < -0.4 is 20.2 Å². The molecule has 0 saturated carbocycles. The number of benzene rings is 3. The molecule has 0 amide bonds. The van der Waals surface area contributed by atoms with Crippen LogP contribution >= 0.6 is 28.1 Å². The Bertz CT molecular complexity index is 982. The molecule has 0 unspecified atom stereocenters. The first kappa shape index (κ1) is 20.8. The quantitative estimate of drug-likeness (QED) is 0.277. The van der Waals surface area contributed by atoms with Gasteiger partial charge in [-0.15, -0.1) is 0 Å². The fourth-order valence-electron chi connectivity index (χ4n) is 2.53. The number of methoxy groups -OCH3 is 1. The van der Waals surface area contributed by atoms with Crippen molar-refractivity contribution < 1.29 is 9.47 Å². The molecule has 0 aromatic heterocycles. The maximum absolute atomic E-state index is 5.95. The molecule has 0 radical (unpaired) electrons. The van der Waals surface area contributed by atoms with Crippen LogP contribution in [0.5, 0.6) is 11.5 Å². The molecular formula is C22H20BrN3O2S.